The molecule has 1 aliphatic rings. The first-order valence-corrected chi connectivity index (χ1v) is 11.7. The van der Waals surface area contributed by atoms with Gasteiger partial charge >= 0.3 is 5.97 Å². The zero-order valence-electron chi connectivity index (χ0n) is 18.9. The summed E-state index contributed by atoms with van der Waals surface area (Å²) in [5.41, 5.74) is 1.82. The lowest BCUT2D eigenvalue weighted by atomic mass is 9.96. The third-order valence-corrected chi connectivity index (χ3v) is 5.96. The lowest BCUT2D eigenvalue weighted by Gasteiger charge is -2.21. The number of fused-ring (bicyclic) bond motifs is 1. The predicted octanol–water partition coefficient (Wildman–Crippen LogP) is 6.63. The second-order valence-electron chi connectivity index (χ2n) is 8.45. The van der Waals surface area contributed by atoms with Crippen LogP contribution in [-0.2, 0) is 14.3 Å². The number of esters is 1. The summed E-state index contributed by atoms with van der Waals surface area (Å²) in [4.78, 5) is 17.9. The van der Waals surface area contributed by atoms with Gasteiger partial charge in [0.25, 0.3) is 0 Å². The number of carbonyl (C=O) groups is 1. The molecule has 3 atom stereocenters. The van der Waals surface area contributed by atoms with Gasteiger partial charge in [-0.3, -0.25) is 0 Å². The van der Waals surface area contributed by atoms with E-state index in [9.17, 15) is 4.79 Å². The summed E-state index contributed by atoms with van der Waals surface area (Å²) in [6, 6.07) is 23.2. The number of nitrogens with zero attached hydrogens (tertiary/aromatic N) is 1. The van der Waals surface area contributed by atoms with Crippen molar-refractivity contribution in [2.75, 3.05) is 0 Å². The van der Waals surface area contributed by atoms with Gasteiger partial charge in [-0.15, -0.1) is 0 Å². The fraction of sp³-hybridized carbons (Fsp3) is 0.357. The molecular formula is C28H31NO3. The Labute approximate surface area is 190 Å². The van der Waals surface area contributed by atoms with E-state index in [4.69, 9.17) is 14.5 Å². The first-order chi connectivity index (χ1) is 15.7. The zero-order chi connectivity index (χ0) is 22.3. The fourth-order valence-corrected chi connectivity index (χ4v) is 4.23. The standard InChI is InChI=1S/C28H31NO3/c1-3-4-5-7-13-20(2)31-28(30)25-26(32-27(29-25)22-15-8-6-9-16-22)24-19-12-17-21-14-10-11-18-23(21)24/h6,8-12,14-20,25-26H,3-5,7,13H2,1-2H3/t20-,25+,26-/m0/s1. The number of hydrogen-bond donors (Lipinski definition) is 0. The van der Waals surface area contributed by atoms with E-state index in [0.717, 1.165) is 34.7 Å². The summed E-state index contributed by atoms with van der Waals surface area (Å²) in [6.45, 7) is 4.16. The van der Waals surface area contributed by atoms with Crippen molar-refractivity contribution in [3.8, 4) is 0 Å². The van der Waals surface area contributed by atoms with Crippen molar-refractivity contribution in [3.63, 3.8) is 0 Å². The molecule has 0 amide bonds. The molecule has 0 fully saturated rings. The van der Waals surface area contributed by atoms with Gasteiger partial charge < -0.3 is 9.47 Å². The molecule has 0 N–H and O–H groups in total. The Morgan fingerprint density at radius 2 is 1.72 bits per heavy atom. The molecule has 166 valence electrons. The molecule has 4 rings (SSSR count). The summed E-state index contributed by atoms with van der Waals surface area (Å²) in [6.07, 6.45) is 4.85. The van der Waals surface area contributed by atoms with Crippen LogP contribution in [0.5, 0.6) is 0 Å². The number of unbranched alkanes of at least 4 members (excludes halogenated alkanes) is 3. The van der Waals surface area contributed by atoms with Crippen LogP contribution in [0.25, 0.3) is 10.8 Å². The number of ether oxygens (including phenoxy) is 2. The van der Waals surface area contributed by atoms with E-state index in [1.165, 1.54) is 19.3 Å². The van der Waals surface area contributed by atoms with Crippen LogP contribution in [0.15, 0.2) is 77.8 Å². The number of benzene rings is 3. The number of aliphatic imine (C=N–C) groups is 1. The molecule has 4 heteroatoms. The second-order valence-corrected chi connectivity index (χ2v) is 8.45. The molecule has 0 aromatic heterocycles. The second kappa shape index (κ2) is 10.4. The van der Waals surface area contributed by atoms with Gasteiger partial charge in [-0.2, -0.15) is 0 Å². The van der Waals surface area contributed by atoms with Gasteiger partial charge in [0.1, 0.15) is 0 Å². The van der Waals surface area contributed by atoms with Crippen molar-refractivity contribution in [2.24, 2.45) is 4.99 Å². The van der Waals surface area contributed by atoms with Crippen LogP contribution in [0.1, 0.15) is 63.2 Å². The molecular weight excluding hydrogens is 398 g/mol. The third-order valence-electron chi connectivity index (χ3n) is 5.96. The summed E-state index contributed by atoms with van der Waals surface area (Å²) in [7, 11) is 0. The molecule has 4 nitrogen and oxygen atoms in total. The summed E-state index contributed by atoms with van der Waals surface area (Å²) < 4.78 is 12.2. The minimum Gasteiger partial charge on any atom is -0.466 e. The summed E-state index contributed by atoms with van der Waals surface area (Å²) in [5, 5.41) is 2.17. The minimum absolute atomic E-state index is 0.136. The maximum Gasteiger partial charge on any atom is 0.335 e. The minimum atomic E-state index is -0.728. The molecule has 3 aromatic carbocycles. The third kappa shape index (κ3) is 5.01. The molecule has 32 heavy (non-hydrogen) atoms. The maximum atomic E-state index is 13.2. The van der Waals surface area contributed by atoms with Gasteiger partial charge in [-0.25, -0.2) is 9.79 Å². The topological polar surface area (TPSA) is 47.9 Å². The highest BCUT2D eigenvalue weighted by Gasteiger charge is 2.40. The van der Waals surface area contributed by atoms with Crippen molar-refractivity contribution in [1.29, 1.82) is 0 Å². The monoisotopic (exact) mass is 429 g/mol. The molecule has 1 heterocycles. The molecule has 0 bridgehead atoms. The maximum absolute atomic E-state index is 13.2. The molecule has 0 unspecified atom stereocenters. The van der Waals surface area contributed by atoms with E-state index in [2.05, 4.69) is 25.1 Å². The molecule has 0 spiro atoms. The van der Waals surface area contributed by atoms with Gasteiger partial charge in [-0.1, -0.05) is 86.8 Å². The van der Waals surface area contributed by atoms with Gasteiger partial charge in [0.2, 0.25) is 5.90 Å². The number of carbonyl (C=O) groups excluding carboxylic acids is 1. The van der Waals surface area contributed by atoms with Crippen LogP contribution in [0.3, 0.4) is 0 Å². The highest BCUT2D eigenvalue weighted by Crippen LogP contribution is 2.36. The summed E-state index contributed by atoms with van der Waals surface area (Å²) >= 11 is 0. The van der Waals surface area contributed by atoms with E-state index in [0.29, 0.717) is 5.90 Å². The van der Waals surface area contributed by atoms with E-state index >= 15 is 0 Å². The SMILES string of the molecule is CCCCCC[C@H](C)OC(=O)[C@@H]1N=C(c2ccccc2)O[C@H]1c1cccc2ccccc12. The molecule has 0 aliphatic carbocycles. The molecule has 0 radical (unpaired) electrons. The van der Waals surface area contributed by atoms with Crippen LogP contribution in [0.2, 0.25) is 0 Å². The molecule has 1 aliphatic heterocycles. The van der Waals surface area contributed by atoms with Gasteiger partial charge in [0.15, 0.2) is 12.1 Å². The Hall–Kier alpha value is -3.14. The fourth-order valence-electron chi connectivity index (χ4n) is 4.23. The Morgan fingerprint density at radius 3 is 2.53 bits per heavy atom. The Morgan fingerprint density at radius 1 is 0.969 bits per heavy atom. The molecule has 3 aromatic rings. The van der Waals surface area contributed by atoms with Gasteiger partial charge in [0.05, 0.1) is 6.10 Å². The Bertz CT molecular complexity index is 1070. The Balaban J connectivity index is 1.59. The quantitative estimate of drug-likeness (QED) is 0.283. The first-order valence-electron chi connectivity index (χ1n) is 11.7. The Kier molecular flexibility index (Phi) is 7.21. The van der Waals surface area contributed by atoms with Crippen molar-refractivity contribution < 1.29 is 14.3 Å². The lowest BCUT2D eigenvalue weighted by molar-refractivity contribution is -0.151. The van der Waals surface area contributed by atoms with Crippen LogP contribution >= 0.6 is 0 Å². The van der Waals surface area contributed by atoms with E-state index in [-0.39, 0.29) is 12.1 Å². The average molecular weight is 430 g/mol. The summed E-state index contributed by atoms with van der Waals surface area (Å²) in [5.74, 6) is 0.165. The van der Waals surface area contributed by atoms with E-state index < -0.39 is 12.1 Å². The van der Waals surface area contributed by atoms with Gasteiger partial charge in [-0.05, 0) is 42.7 Å². The highest BCUT2D eigenvalue weighted by molar-refractivity contribution is 5.99. The molecule has 0 saturated carbocycles. The zero-order valence-corrected chi connectivity index (χ0v) is 18.9. The van der Waals surface area contributed by atoms with Crippen LogP contribution in [-0.4, -0.2) is 24.0 Å². The van der Waals surface area contributed by atoms with E-state index in [1.807, 2.05) is 61.5 Å². The number of rotatable bonds is 9. The van der Waals surface area contributed by atoms with Crippen molar-refractivity contribution in [1.82, 2.24) is 0 Å². The lowest BCUT2D eigenvalue weighted by Crippen LogP contribution is -2.29. The van der Waals surface area contributed by atoms with Crippen LogP contribution in [0.4, 0.5) is 0 Å². The van der Waals surface area contributed by atoms with Crippen LogP contribution in [0, 0.1) is 0 Å². The van der Waals surface area contributed by atoms with Crippen LogP contribution < -0.4 is 0 Å². The first kappa shape index (κ1) is 22.1. The average Bonchev–Trinajstić information content (AvgIpc) is 3.27. The van der Waals surface area contributed by atoms with Crippen molar-refractivity contribution in [3.05, 3.63) is 83.9 Å². The van der Waals surface area contributed by atoms with E-state index in [1.54, 1.807) is 0 Å². The largest absolute Gasteiger partial charge is 0.466 e. The predicted molar refractivity (Wildman–Crippen MR) is 129 cm³/mol. The smallest absolute Gasteiger partial charge is 0.335 e. The van der Waals surface area contributed by atoms with Crippen molar-refractivity contribution >= 4 is 22.6 Å². The molecule has 0 saturated heterocycles. The normalized spacial score (nSPS) is 18.8. The number of hydrogen-bond acceptors (Lipinski definition) is 4. The highest BCUT2D eigenvalue weighted by atomic mass is 16.6. The van der Waals surface area contributed by atoms with Gasteiger partial charge in [0, 0.05) is 11.1 Å². The van der Waals surface area contributed by atoms with Crippen molar-refractivity contribution in [2.45, 2.75) is 64.2 Å².